The molecule has 1 N–H and O–H groups in total. The van der Waals surface area contributed by atoms with Crippen molar-refractivity contribution in [3.63, 3.8) is 0 Å². The zero-order chi connectivity index (χ0) is 17.7. The normalized spacial score (nSPS) is 31.3. The number of fused-ring (bicyclic) bond motifs is 1. The molecule has 3 aliphatic carbocycles. The van der Waals surface area contributed by atoms with Gasteiger partial charge in [0, 0.05) is 5.02 Å². The number of allylic oxidation sites excluding steroid dienone is 2. The Bertz CT molecular complexity index is 740. The maximum absolute atomic E-state index is 13.1. The van der Waals surface area contributed by atoms with Crippen LogP contribution in [0.5, 0.6) is 0 Å². The van der Waals surface area contributed by atoms with Gasteiger partial charge in [-0.2, -0.15) is 0 Å². The molecule has 5 atom stereocenters. The van der Waals surface area contributed by atoms with Gasteiger partial charge in [-0.25, -0.2) is 0 Å². The van der Waals surface area contributed by atoms with E-state index in [1.807, 2.05) is 0 Å². The van der Waals surface area contributed by atoms with Crippen LogP contribution in [0.3, 0.4) is 0 Å². The smallest absolute Gasteiger partial charge is 0.305 e. The number of imide groups is 1. The molecule has 25 heavy (non-hydrogen) atoms. The third-order valence-electron chi connectivity index (χ3n) is 5.73. The van der Waals surface area contributed by atoms with Gasteiger partial charge in [-0.1, -0.05) is 35.9 Å². The molecular weight excluding hydrogens is 342 g/mol. The fourth-order valence-corrected chi connectivity index (χ4v) is 4.74. The van der Waals surface area contributed by atoms with E-state index >= 15 is 0 Å². The van der Waals surface area contributed by atoms with Crippen LogP contribution >= 0.6 is 11.6 Å². The molecule has 1 saturated heterocycles. The molecule has 5 nitrogen and oxygen atoms in total. The predicted octanol–water partition coefficient (Wildman–Crippen LogP) is 3.05. The van der Waals surface area contributed by atoms with Crippen LogP contribution < -0.4 is 0 Å². The minimum absolute atomic E-state index is 0.0899. The van der Waals surface area contributed by atoms with Gasteiger partial charge in [0.15, 0.2) is 0 Å². The van der Waals surface area contributed by atoms with E-state index in [4.69, 9.17) is 11.6 Å². The average molecular weight is 360 g/mol. The van der Waals surface area contributed by atoms with E-state index in [0.717, 1.165) is 12.8 Å². The molecule has 1 saturated carbocycles. The number of carbonyl (C=O) groups is 3. The number of carbonyl (C=O) groups excluding carboxylic acids is 2. The molecule has 2 fully saturated rings. The van der Waals surface area contributed by atoms with Gasteiger partial charge < -0.3 is 5.11 Å². The second-order valence-electron chi connectivity index (χ2n) is 7.05. The summed E-state index contributed by atoms with van der Waals surface area (Å²) < 4.78 is 0. The highest BCUT2D eigenvalue weighted by Crippen LogP contribution is 2.51. The molecule has 1 aromatic carbocycles. The molecule has 5 unspecified atom stereocenters. The minimum Gasteiger partial charge on any atom is -0.481 e. The van der Waals surface area contributed by atoms with Gasteiger partial charge in [0.25, 0.3) is 0 Å². The number of benzene rings is 1. The number of aliphatic carboxylic acids is 1. The van der Waals surface area contributed by atoms with Crippen LogP contribution in [-0.2, 0) is 14.4 Å². The lowest BCUT2D eigenvalue weighted by molar-refractivity contribution is -0.146. The van der Waals surface area contributed by atoms with E-state index in [-0.39, 0.29) is 41.9 Å². The van der Waals surface area contributed by atoms with Crippen molar-refractivity contribution in [3.8, 4) is 0 Å². The van der Waals surface area contributed by atoms with E-state index in [1.165, 1.54) is 4.90 Å². The maximum atomic E-state index is 13.1. The van der Waals surface area contributed by atoms with Crippen LogP contribution in [0.25, 0.3) is 0 Å². The van der Waals surface area contributed by atoms with Crippen LogP contribution in [-0.4, -0.2) is 27.8 Å². The third kappa shape index (κ3) is 2.58. The number of hydrogen-bond donors (Lipinski definition) is 1. The molecule has 130 valence electrons. The van der Waals surface area contributed by atoms with Crippen LogP contribution in [0.4, 0.5) is 0 Å². The quantitative estimate of drug-likeness (QED) is 0.662. The van der Waals surface area contributed by atoms with Gasteiger partial charge in [0.1, 0.15) is 0 Å². The molecule has 1 heterocycles. The molecule has 0 radical (unpaired) electrons. The summed E-state index contributed by atoms with van der Waals surface area (Å²) in [6, 6.07) is 5.88. The monoisotopic (exact) mass is 359 g/mol. The van der Waals surface area contributed by atoms with Gasteiger partial charge in [-0.15, -0.1) is 0 Å². The van der Waals surface area contributed by atoms with Gasteiger partial charge in [0.2, 0.25) is 11.8 Å². The number of hydrogen-bond acceptors (Lipinski definition) is 3. The van der Waals surface area contributed by atoms with Crippen molar-refractivity contribution < 1.29 is 19.5 Å². The van der Waals surface area contributed by atoms with Crippen molar-refractivity contribution in [1.82, 2.24) is 4.90 Å². The molecule has 1 aromatic rings. The van der Waals surface area contributed by atoms with E-state index < -0.39 is 12.0 Å². The summed E-state index contributed by atoms with van der Waals surface area (Å²) in [5.41, 5.74) is 0.618. The third-order valence-corrected chi connectivity index (χ3v) is 5.98. The van der Waals surface area contributed by atoms with Crippen LogP contribution in [0, 0.1) is 23.7 Å². The topological polar surface area (TPSA) is 74.7 Å². The number of rotatable bonds is 4. The summed E-state index contributed by atoms with van der Waals surface area (Å²) in [5.74, 6) is -1.99. The Hall–Kier alpha value is -2.14. The van der Waals surface area contributed by atoms with Crippen LogP contribution in [0.2, 0.25) is 5.02 Å². The van der Waals surface area contributed by atoms with E-state index in [2.05, 4.69) is 12.2 Å². The first kappa shape index (κ1) is 16.3. The Morgan fingerprint density at radius 1 is 1.08 bits per heavy atom. The summed E-state index contributed by atoms with van der Waals surface area (Å²) >= 11 is 5.91. The lowest BCUT2D eigenvalue weighted by atomic mass is 9.63. The highest BCUT2D eigenvalue weighted by molar-refractivity contribution is 6.30. The highest BCUT2D eigenvalue weighted by atomic mass is 35.5. The van der Waals surface area contributed by atoms with Gasteiger partial charge >= 0.3 is 5.97 Å². The average Bonchev–Trinajstić information content (AvgIpc) is 2.88. The Labute approximate surface area is 150 Å². The van der Waals surface area contributed by atoms with Crippen molar-refractivity contribution in [3.05, 3.63) is 47.0 Å². The number of carboxylic acid groups (broad SMARTS) is 1. The Morgan fingerprint density at radius 2 is 1.60 bits per heavy atom. The van der Waals surface area contributed by atoms with Crippen LogP contribution in [0.15, 0.2) is 36.4 Å². The van der Waals surface area contributed by atoms with Crippen molar-refractivity contribution >= 4 is 29.4 Å². The largest absolute Gasteiger partial charge is 0.481 e. The zero-order valence-corrected chi connectivity index (χ0v) is 14.2. The molecular formula is C19H18ClNO4. The van der Waals surface area contributed by atoms with Gasteiger partial charge in [-0.05, 0) is 42.4 Å². The van der Waals surface area contributed by atoms with Gasteiger partial charge in [0.05, 0.1) is 24.3 Å². The fraction of sp³-hybridized carbons (Fsp3) is 0.421. The number of nitrogens with zero attached hydrogens (tertiary/aromatic N) is 1. The number of halogens is 1. The first-order valence-electron chi connectivity index (χ1n) is 8.50. The lowest BCUT2D eigenvalue weighted by Crippen LogP contribution is -2.38. The van der Waals surface area contributed by atoms with E-state index in [9.17, 15) is 19.5 Å². The molecule has 0 spiro atoms. The summed E-state index contributed by atoms with van der Waals surface area (Å²) in [7, 11) is 0. The molecule has 1 aliphatic heterocycles. The molecule has 5 rings (SSSR count). The summed E-state index contributed by atoms with van der Waals surface area (Å²) in [6.45, 7) is 0. The predicted molar refractivity (Wildman–Crippen MR) is 90.6 cm³/mol. The molecule has 4 aliphatic rings. The molecule has 6 heteroatoms. The van der Waals surface area contributed by atoms with Crippen molar-refractivity contribution in [2.24, 2.45) is 23.7 Å². The second kappa shape index (κ2) is 5.99. The Kier molecular flexibility index (Phi) is 3.91. The number of carboxylic acids is 1. The van der Waals surface area contributed by atoms with Gasteiger partial charge in [-0.3, -0.25) is 19.3 Å². The SMILES string of the molecule is O=C(O)CC(c1ccc(Cl)cc1)N1C(=O)C2C3C=CC(CC3)C2C1=O. The fourth-order valence-electron chi connectivity index (χ4n) is 4.61. The van der Waals surface area contributed by atoms with Crippen molar-refractivity contribution in [2.75, 3.05) is 0 Å². The Balaban J connectivity index is 1.72. The number of amides is 2. The summed E-state index contributed by atoms with van der Waals surface area (Å²) in [6.07, 6.45) is 5.64. The lowest BCUT2D eigenvalue weighted by Gasteiger charge is -2.38. The van der Waals surface area contributed by atoms with Crippen molar-refractivity contribution in [2.45, 2.75) is 25.3 Å². The minimum atomic E-state index is -1.04. The second-order valence-corrected chi connectivity index (χ2v) is 7.49. The maximum Gasteiger partial charge on any atom is 0.305 e. The first-order chi connectivity index (χ1) is 12.0. The number of likely N-dealkylation sites (tertiary alicyclic amines) is 1. The summed E-state index contributed by atoms with van der Waals surface area (Å²) in [4.78, 5) is 38.7. The summed E-state index contributed by atoms with van der Waals surface area (Å²) in [5, 5.41) is 9.84. The van der Waals surface area contributed by atoms with E-state index in [1.54, 1.807) is 24.3 Å². The zero-order valence-electron chi connectivity index (χ0n) is 13.5. The molecule has 2 bridgehead atoms. The molecule has 0 aromatic heterocycles. The van der Waals surface area contributed by atoms with Crippen molar-refractivity contribution in [1.29, 1.82) is 0 Å². The Morgan fingerprint density at radius 3 is 2.04 bits per heavy atom. The van der Waals surface area contributed by atoms with Crippen LogP contribution in [0.1, 0.15) is 30.9 Å². The first-order valence-corrected chi connectivity index (χ1v) is 8.87. The van der Waals surface area contributed by atoms with E-state index in [0.29, 0.717) is 10.6 Å². The highest BCUT2D eigenvalue weighted by Gasteiger charge is 2.58. The molecule has 2 amide bonds. The standard InChI is InChI=1S/C19H18ClNO4/c20-13-7-5-10(6-8-13)14(9-15(22)23)21-18(24)16-11-1-2-12(4-3-11)17(16)19(21)25/h1-2,5-8,11-12,14,16-17H,3-4,9H2,(H,22,23).